The van der Waals surface area contributed by atoms with Crippen molar-refractivity contribution in [2.24, 2.45) is 5.73 Å². The molecule has 0 bridgehead atoms. The Morgan fingerprint density at radius 3 is 2.47 bits per heavy atom. The second-order valence-electron chi connectivity index (χ2n) is 3.34. The standard InChI is InChI=1S/C11H11F3NO2/c12-4-8(9(13)5-16)6-2-1-3-7(10(6)14)11(15)17/h1-3,9,16H,4-5H2,(H2,15,17)/t9-/m0/s1. The fourth-order valence-electron chi connectivity index (χ4n) is 1.40. The maximum Gasteiger partial charge on any atom is 0.251 e. The molecule has 93 valence electrons. The van der Waals surface area contributed by atoms with Crippen LogP contribution >= 0.6 is 0 Å². The lowest BCUT2D eigenvalue weighted by Gasteiger charge is -2.17. The van der Waals surface area contributed by atoms with Crippen LogP contribution in [0.2, 0.25) is 0 Å². The number of hydrogen-bond acceptors (Lipinski definition) is 2. The van der Waals surface area contributed by atoms with E-state index in [-0.39, 0.29) is 5.56 Å². The molecule has 0 fully saturated rings. The maximum atomic E-state index is 13.7. The summed E-state index contributed by atoms with van der Waals surface area (Å²) in [5.41, 5.74) is 4.08. The van der Waals surface area contributed by atoms with Crippen LogP contribution in [0.25, 0.3) is 0 Å². The highest BCUT2D eigenvalue weighted by Gasteiger charge is 2.27. The first-order valence-electron chi connectivity index (χ1n) is 4.78. The Labute approximate surface area is 96.0 Å². The molecule has 1 aromatic carbocycles. The molecule has 17 heavy (non-hydrogen) atoms. The van der Waals surface area contributed by atoms with Gasteiger partial charge in [0.2, 0.25) is 0 Å². The average Bonchev–Trinajstić information content (AvgIpc) is 2.31. The molecule has 1 radical (unpaired) electrons. The lowest BCUT2D eigenvalue weighted by atomic mass is 9.93. The summed E-state index contributed by atoms with van der Waals surface area (Å²) in [4.78, 5) is 10.9. The molecular formula is C11H11F3NO2. The molecule has 1 rings (SSSR count). The number of alkyl halides is 2. The Bertz CT molecular complexity index is 412. The highest BCUT2D eigenvalue weighted by Crippen LogP contribution is 2.26. The van der Waals surface area contributed by atoms with Gasteiger partial charge in [-0.1, -0.05) is 12.1 Å². The number of aliphatic hydroxyl groups excluding tert-OH is 1. The monoisotopic (exact) mass is 246 g/mol. The third-order valence-corrected chi connectivity index (χ3v) is 2.29. The number of amides is 1. The van der Waals surface area contributed by atoms with Gasteiger partial charge in [-0.3, -0.25) is 4.79 Å². The number of rotatable bonds is 5. The first-order chi connectivity index (χ1) is 8.02. The van der Waals surface area contributed by atoms with Crippen molar-refractivity contribution in [1.29, 1.82) is 0 Å². The molecule has 6 heteroatoms. The van der Waals surface area contributed by atoms with Crippen LogP contribution in [0.5, 0.6) is 0 Å². The molecule has 0 spiro atoms. The number of aliphatic hydroxyl groups is 1. The molecule has 1 aromatic rings. The molecular weight excluding hydrogens is 235 g/mol. The Hall–Kier alpha value is -1.56. The molecule has 3 nitrogen and oxygen atoms in total. The van der Waals surface area contributed by atoms with Crippen molar-refractivity contribution in [1.82, 2.24) is 0 Å². The number of nitrogens with two attached hydrogens (primary N) is 1. The van der Waals surface area contributed by atoms with Gasteiger partial charge in [-0.15, -0.1) is 0 Å². The van der Waals surface area contributed by atoms with Crippen molar-refractivity contribution in [3.63, 3.8) is 0 Å². The Morgan fingerprint density at radius 2 is 2.00 bits per heavy atom. The summed E-state index contributed by atoms with van der Waals surface area (Å²) >= 11 is 0. The zero-order valence-corrected chi connectivity index (χ0v) is 8.79. The summed E-state index contributed by atoms with van der Waals surface area (Å²) in [6, 6.07) is 3.50. The molecule has 1 atom stereocenters. The molecule has 0 saturated heterocycles. The summed E-state index contributed by atoms with van der Waals surface area (Å²) in [5.74, 6) is -2.65. The smallest absolute Gasteiger partial charge is 0.251 e. The SMILES string of the molecule is NC(=O)c1cccc([C](CF)[C@@H](F)CO)c1F. The second kappa shape index (κ2) is 5.67. The average molecular weight is 246 g/mol. The van der Waals surface area contributed by atoms with Gasteiger partial charge in [0.1, 0.15) is 18.7 Å². The maximum absolute atomic E-state index is 13.7. The van der Waals surface area contributed by atoms with Gasteiger partial charge in [0.05, 0.1) is 18.1 Å². The number of primary amides is 1. The van der Waals surface area contributed by atoms with Gasteiger partial charge in [0.25, 0.3) is 5.91 Å². The third kappa shape index (κ3) is 2.76. The first kappa shape index (κ1) is 13.5. The van der Waals surface area contributed by atoms with E-state index in [2.05, 4.69) is 0 Å². The number of hydrogen-bond donors (Lipinski definition) is 2. The zero-order chi connectivity index (χ0) is 13.0. The van der Waals surface area contributed by atoms with Crippen molar-refractivity contribution < 1.29 is 23.1 Å². The normalized spacial score (nSPS) is 12.8. The van der Waals surface area contributed by atoms with E-state index in [1.165, 1.54) is 6.07 Å². The molecule has 0 saturated carbocycles. The van der Waals surface area contributed by atoms with Gasteiger partial charge in [0, 0.05) is 5.56 Å². The Kier molecular flexibility index (Phi) is 4.51. The predicted molar refractivity (Wildman–Crippen MR) is 55.2 cm³/mol. The van der Waals surface area contributed by atoms with E-state index in [1.807, 2.05) is 0 Å². The van der Waals surface area contributed by atoms with Crippen LogP contribution in [0, 0.1) is 11.7 Å². The molecule has 0 aliphatic carbocycles. The predicted octanol–water partition coefficient (Wildman–Crippen LogP) is 1.15. The second-order valence-corrected chi connectivity index (χ2v) is 3.34. The zero-order valence-electron chi connectivity index (χ0n) is 8.79. The highest BCUT2D eigenvalue weighted by molar-refractivity contribution is 5.93. The van der Waals surface area contributed by atoms with Gasteiger partial charge in [0.15, 0.2) is 0 Å². The van der Waals surface area contributed by atoms with Crippen LogP contribution in [0.4, 0.5) is 13.2 Å². The fourth-order valence-corrected chi connectivity index (χ4v) is 1.40. The molecule has 0 heterocycles. The lowest BCUT2D eigenvalue weighted by Crippen LogP contribution is -2.23. The van der Waals surface area contributed by atoms with E-state index in [0.29, 0.717) is 0 Å². The van der Waals surface area contributed by atoms with Crippen LogP contribution in [0.1, 0.15) is 15.9 Å². The quantitative estimate of drug-likeness (QED) is 0.818. The molecule has 3 N–H and O–H groups in total. The van der Waals surface area contributed by atoms with E-state index in [9.17, 15) is 18.0 Å². The molecule has 0 unspecified atom stereocenters. The van der Waals surface area contributed by atoms with Crippen molar-refractivity contribution in [3.05, 3.63) is 41.1 Å². The van der Waals surface area contributed by atoms with Crippen molar-refractivity contribution >= 4 is 5.91 Å². The van der Waals surface area contributed by atoms with Crippen LogP contribution in [-0.2, 0) is 0 Å². The molecule has 0 aromatic heterocycles. The lowest BCUT2D eigenvalue weighted by molar-refractivity contribution is 0.0996. The van der Waals surface area contributed by atoms with Crippen molar-refractivity contribution in [3.8, 4) is 0 Å². The number of carbonyl (C=O) groups excluding carboxylic acids is 1. The Balaban J connectivity index is 3.21. The summed E-state index contributed by atoms with van der Waals surface area (Å²) in [5, 5.41) is 8.59. The number of carbonyl (C=O) groups is 1. The summed E-state index contributed by atoms with van der Waals surface area (Å²) in [6.45, 7) is -2.22. The van der Waals surface area contributed by atoms with Crippen LogP contribution in [0.3, 0.4) is 0 Å². The van der Waals surface area contributed by atoms with E-state index >= 15 is 0 Å². The fraction of sp³-hybridized carbons (Fsp3) is 0.273. The van der Waals surface area contributed by atoms with E-state index < -0.39 is 42.7 Å². The van der Waals surface area contributed by atoms with Gasteiger partial charge >= 0.3 is 0 Å². The summed E-state index contributed by atoms with van der Waals surface area (Å²) in [7, 11) is 0. The first-order valence-corrected chi connectivity index (χ1v) is 4.78. The van der Waals surface area contributed by atoms with E-state index in [0.717, 1.165) is 12.1 Å². The third-order valence-electron chi connectivity index (χ3n) is 2.29. The van der Waals surface area contributed by atoms with Gasteiger partial charge in [-0.05, 0) is 6.07 Å². The summed E-state index contributed by atoms with van der Waals surface area (Å²) in [6.07, 6.45) is -2.02. The summed E-state index contributed by atoms with van der Waals surface area (Å²) < 4.78 is 39.5. The number of benzene rings is 1. The minimum Gasteiger partial charge on any atom is -0.393 e. The minimum absolute atomic E-state index is 0.384. The minimum atomic E-state index is -2.02. The van der Waals surface area contributed by atoms with E-state index in [4.69, 9.17) is 10.8 Å². The van der Waals surface area contributed by atoms with Crippen molar-refractivity contribution in [2.75, 3.05) is 13.3 Å². The van der Waals surface area contributed by atoms with E-state index in [1.54, 1.807) is 0 Å². The van der Waals surface area contributed by atoms with Gasteiger partial charge < -0.3 is 10.8 Å². The molecule has 1 amide bonds. The number of halogens is 3. The molecule has 0 aliphatic heterocycles. The van der Waals surface area contributed by atoms with Gasteiger partial charge in [-0.25, -0.2) is 13.2 Å². The topological polar surface area (TPSA) is 63.3 Å². The van der Waals surface area contributed by atoms with Gasteiger partial charge in [-0.2, -0.15) is 0 Å². The van der Waals surface area contributed by atoms with Crippen LogP contribution < -0.4 is 5.73 Å². The highest BCUT2D eigenvalue weighted by atomic mass is 19.1. The van der Waals surface area contributed by atoms with Crippen LogP contribution in [-0.4, -0.2) is 30.5 Å². The van der Waals surface area contributed by atoms with Crippen molar-refractivity contribution in [2.45, 2.75) is 6.17 Å². The largest absolute Gasteiger partial charge is 0.393 e. The molecule has 0 aliphatic rings. The van der Waals surface area contributed by atoms with Crippen LogP contribution in [0.15, 0.2) is 18.2 Å². The Morgan fingerprint density at radius 1 is 1.41 bits per heavy atom.